The second kappa shape index (κ2) is 12.3. The Labute approximate surface area is 215 Å². The molecule has 1 atom stereocenters. The summed E-state index contributed by atoms with van der Waals surface area (Å²) in [5, 5.41) is 7.67. The molecule has 2 aromatic carbocycles. The number of amides is 1. The number of aliphatic imine (C=N–C) groups is 1. The van der Waals surface area contributed by atoms with Crippen LogP contribution < -0.4 is 17.0 Å². The number of H-pyrrole nitrogens is 1. The topological polar surface area (TPSA) is 141 Å². The number of para-hydroxylation sites is 1. The maximum atomic E-state index is 13.3. The number of carbonyl (C=O) groups is 1. The van der Waals surface area contributed by atoms with Gasteiger partial charge in [-0.3, -0.25) is 19.3 Å². The number of rotatable bonds is 5. The number of pyridine rings is 1. The molecule has 5 N–H and O–H groups in total. The summed E-state index contributed by atoms with van der Waals surface area (Å²) < 4.78 is 6.97. The van der Waals surface area contributed by atoms with E-state index < -0.39 is 5.91 Å². The number of carbonyl (C=O) groups excluding carboxylic acids is 1. The van der Waals surface area contributed by atoms with E-state index in [2.05, 4.69) is 40.0 Å². The summed E-state index contributed by atoms with van der Waals surface area (Å²) in [5.74, 6) is 5.87. The van der Waals surface area contributed by atoms with Crippen LogP contribution in [-0.2, 0) is 11.2 Å². The van der Waals surface area contributed by atoms with Gasteiger partial charge in [0.05, 0.1) is 5.39 Å². The summed E-state index contributed by atoms with van der Waals surface area (Å²) in [6.45, 7) is 5.65. The molecule has 190 valence electrons. The first-order valence-electron chi connectivity index (χ1n) is 11.7. The summed E-state index contributed by atoms with van der Waals surface area (Å²) in [6, 6.07) is 17.6. The predicted octanol–water partition coefficient (Wildman–Crippen LogP) is 3.75. The summed E-state index contributed by atoms with van der Waals surface area (Å²) in [6.07, 6.45) is 2.10. The van der Waals surface area contributed by atoms with E-state index in [1.165, 1.54) is 6.21 Å². The Morgan fingerprint density at radius 1 is 1.24 bits per heavy atom. The molecule has 0 aliphatic rings. The fourth-order valence-electron chi connectivity index (χ4n) is 3.68. The SMILES string of the molecule is CC=Nc1n[nH]c(N)c1C(N)=O.CCc1cc2cccc(C#CC(C)OC)c2c(=O)n1-c1ccccc1. The highest BCUT2D eigenvalue weighted by Gasteiger charge is 2.15. The highest BCUT2D eigenvalue weighted by Crippen LogP contribution is 2.20. The van der Waals surface area contributed by atoms with Crippen LogP contribution in [0.1, 0.15) is 42.4 Å². The van der Waals surface area contributed by atoms with E-state index >= 15 is 0 Å². The van der Waals surface area contributed by atoms with Gasteiger partial charge in [-0.15, -0.1) is 0 Å². The van der Waals surface area contributed by atoms with Crippen LogP contribution in [0.4, 0.5) is 11.6 Å². The Morgan fingerprint density at radius 2 is 1.97 bits per heavy atom. The molecule has 37 heavy (non-hydrogen) atoms. The number of nitrogens with one attached hydrogen (secondary N) is 1. The Balaban J connectivity index is 0.000000266. The smallest absolute Gasteiger partial charge is 0.264 e. The van der Waals surface area contributed by atoms with Crippen molar-refractivity contribution in [3.05, 3.63) is 81.8 Å². The number of primary amides is 1. The molecular weight excluding hydrogens is 468 g/mol. The molecule has 0 aliphatic carbocycles. The second-order valence-corrected chi connectivity index (χ2v) is 7.97. The Hall–Kier alpha value is -4.68. The van der Waals surface area contributed by atoms with Gasteiger partial charge in [0.2, 0.25) is 0 Å². The molecule has 0 spiro atoms. The van der Waals surface area contributed by atoms with Crippen LogP contribution in [0.25, 0.3) is 16.5 Å². The molecular formula is C28H30N6O3. The Bertz CT molecular complexity index is 1540. The van der Waals surface area contributed by atoms with Gasteiger partial charge in [0.25, 0.3) is 11.5 Å². The third kappa shape index (κ3) is 6.12. The van der Waals surface area contributed by atoms with E-state index in [9.17, 15) is 9.59 Å². The summed E-state index contributed by atoms with van der Waals surface area (Å²) in [4.78, 5) is 27.9. The first kappa shape index (κ1) is 26.9. The largest absolute Gasteiger partial charge is 0.383 e. The number of hydrogen-bond donors (Lipinski definition) is 3. The molecule has 2 aromatic heterocycles. The zero-order chi connectivity index (χ0) is 26.9. The van der Waals surface area contributed by atoms with Gasteiger partial charge in [0, 0.05) is 30.3 Å². The molecule has 0 fully saturated rings. The minimum atomic E-state index is -0.637. The molecule has 2 heterocycles. The number of fused-ring (bicyclic) bond motifs is 1. The lowest BCUT2D eigenvalue weighted by molar-refractivity contribution is 0.100. The van der Waals surface area contributed by atoms with E-state index in [-0.39, 0.29) is 28.9 Å². The molecule has 0 aliphatic heterocycles. The summed E-state index contributed by atoms with van der Waals surface area (Å²) in [7, 11) is 1.62. The fraction of sp³-hybridized carbons (Fsp3) is 0.214. The number of anilines is 1. The van der Waals surface area contributed by atoms with Crippen LogP contribution in [0.15, 0.2) is 64.4 Å². The van der Waals surface area contributed by atoms with Gasteiger partial charge in [-0.25, -0.2) is 4.99 Å². The molecule has 4 aromatic rings. The van der Waals surface area contributed by atoms with E-state index in [1.54, 1.807) is 18.6 Å². The van der Waals surface area contributed by atoms with Crippen LogP contribution in [-0.4, -0.2) is 40.1 Å². The van der Waals surface area contributed by atoms with Crippen molar-refractivity contribution in [2.45, 2.75) is 33.3 Å². The number of aromatic amines is 1. The third-order valence-electron chi connectivity index (χ3n) is 5.54. The average molecular weight is 499 g/mol. The van der Waals surface area contributed by atoms with E-state index in [0.29, 0.717) is 5.39 Å². The minimum Gasteiger partial charge on any atom is -0.383 e. The van der Waals surface area contributed by atoms with E-state index in [0.717, 1.165) is 28.8 Å². The molecule has 0 bridgehead atoms. The van der Waals surface area contributed by atoms with Gasteiger partial charge in [-0.2, -0.15) is 5.10 Å². The van der Waals surface area contributed by atoms with Crippen LogP contribution in [0, 0.1) is 11.8 Å². The summed E-state index contributed by atoms with van der Waals surface area (Å²) >= 11 is 0. The number of nitrogens with zero attached hydrogens (tertiary/aromatic N) is 3. The van der Waals surface area contributed by atoms with Crippen molar-refractivity contribution < 1.29 is 9.53 Å². The highest BCUT2D eigenvalue weighted by atomic mass is 16.5. The lowest BCUT2D eigenvalue weighted by Gasteiger charge is -2.14. The zero-order valence-electron chi connectivity index (χ0n) is 21.3. The molecule has 1 amide bonds. The van der Waals surface area contributed by atoms with Crippen LogP contribution in [0.5, 0.6) is 0 Å². The number of ether oxygens (including phenoxy) is 1. The van der Waals surface area contributed by atoms with Crippen LogP contribution >= 0.6 is 0 Å². The minimum absolute atomic E-state index is 0.0319. The number of benzene rings is 2. The number of methoxy groups -OCH3 is 1. The molecule has 0 radical (unpaired) electrons. The predicted molar refractivity (Wildman–Crippen MR) is 148 cm³/mol. The van der Waals surface area contributed by atoms with Crippen molar-refractivity contribution in [1.29, 1.82) is 0 Å². The molecule has 4 rings (SSSR count). The van der Waals surface area contributed by atoms with E-state index in [1.807, 2.05) is 55.5 Å². The first-order valence-corrected chi connectivity index (χ1v) is 11.7. The van der Waals surface area contributed by atoms with E-state index in [4.69, 9.17) is 16.2 Å². The van der Waals surface area contributed by atoms with Crippen molar-refractivity contribution >= 4 is 34.5 Å². The number of aryl methyl sites for hydroxylation is 1. The van der Waals surface area contributed by atoms with Gasteiger partial charge in [0.15, 0.2) is 5.82 Å². The number of hydrogen-bond acceptors (Lipinski definition) is 6. The van der Waals surface area contributed by atoms with Gasteiger partial charge in [0.1, 0.15) is 17.5 Å². The molecule has 0 saturated heterocycles. The van der Waals surface area contributed by atoms with Crippen molar-refractivity contribution in [1.82, 2.24) is 14.8 Å². The average Bonchev–Trinajstić information content (AvgIpc) is 3.28. The lowest BCUT2D eigenvalue weighted by Crippen LogP contribution is -2.22. The third-order valence-corrected chi connectivity index (χ3v) is 5.54. The number of aromatic nitrogens is 3. The van der Waals surface area contributed by atoms with Crippen molar-refractivity contribution in [2.75, 3.05) is 12.8 Å². The first-order chi connectivity index (χ1) is 17.8. The second-order valence-electron chi connectivity index (χ2n) is 7.97. The van der Waals surface area contributed by atoms with Crippen LogP contribution in [0.3, 0.4) is 0 Å². The van der Waals surface area contributed by atoms with Gasteiger partial charge >= 0.3 is 0 Å². The van der Waals surface area contributed by atoms with Crippen molar-refractivity contribution in [3.8, 4) is 17.5 Å². The maximum Gasteiger partial charge on any atom is 0.264 e. The zero-order valence-corrected chi connectivity index (χ0v) is 21.3. The molecule has 9 nitrogen and oxygen atoms in total. The fourth-order valence-corrected chi connectivity index (χ4v) is 3.68. The quantitative estimate of drug-likeness (QED) is 0.284. The summed E-state index contributed by atoms with van der Waals surface area (Å²) in [5.41, 5.74) is 13.1. The van der Waals surface area contributed by atoms with Crippen molar-refractivity contribution in [2.24, 2.45) is 10.7 Å². The Kier molecular flexibility index (Phi) is 8.97. The highest BCUT2D eigenvalue weighted by molar-refractivity contribution is 6.01. The molecule has 0 saturated carbocycles. The monoisotopic (exact) mass is 498 g/mol. The normalized spacial score (nSPS) is 11.5. The van der Waals surface area contributed by atoms with Gasteiger partial charge in [-0.1, -0.05) is 49.1 Å². The number of nitrogens with two attached hydrogens (primary N) is 2. The van der Waals surface area contributed by atoms with Gasteiger partial charge < -0.3 is 16.2 Å². The lowest BCUT2D eigenvalue weighted by atomic mass is 10.0. The maximum absolute atomic E-state index is 13.3. The molecule has 9 heteroatoms. The van der Waals surface area contributed by atoms with Gasteiger partial charge in [-0.05, 0) is 49.9 Å². The molecule has 1 unspecified atom stereocenters. The van der Waals surface area contributed by atoms with Crippen LogP contribution in [0.2, 0.25) is 0 Å². The standard InChI is InChI=1S/C22H21NO2.C6H9N5O/c1-4-19-15-18-10-8-9-17(14-13-16(2)25-3)21(18)22(24)23(19)20-11-6-5-7-12-20;1-2-9-6-3(5(8)12)4(7)10-11-6/h5-12,15-16H,4H2,1-3H3;2H,1H3,(H2,8,12)(H3,7,10,11). The Morgan fingerprint density at radius 3 is 2.59 bits per heavy atom. The van der Waals surface area contributed by atoms with Crippen molar-refractivity contribution in [3.63, 3.8) is 0 Å². The number of nitrogen functional groups attached to an aromatic ring is 1.